The third-order valence-electron chi connectivity index (χ3n) is 4.17. The molecule has 0 amide bonds. The van der Waals surface area contributed by atoms with E-state index in [9.17, 15) is 8.42 Å². The molecule has 0 radical (unpaired) electrons. The molecule has 1 N–H and O–H groups in total. The number of hydrogen-bond acceptors (Lipinski definition) is 3. The first-order valence-electron chi connectivity index (χ1n) is 9.15. The van der Waals surface area contributed by atoms with Crippen LogP contribution in [-0.4, -0.2) is 25.7 Å². The molecule has 5 heteroatoms. The van der Waals surface area contributed by atoms with E-state index in [-0.39, 0.29) is 11.0 Å². The molecule has 1 atom stereocenters. The normalized spacial score (nSPS) is 13.1. The van der Waals surface area contributed by atoms with Crippen molar-refractivity contribution in [2.45, 2.75) is 82.6 Å². The summed E-state index contributed by atoms with van der Waals surface area (Å²) >= 11 is 0. The maximum atomic E-state index is 11.1. The summed E-state index contributed by atoms with van der Waals surface area (Å²) in [6.45, 7) is 5.17. The summed E-state index contributed by atoms with van der Waals surface area (Å²) in [6.07, 6.45) is 10.3. The Labute approximate surface area is 147 Å². The summed E-state index contributed by atoms with van der Waals surface area (Å²) in [6, 6.07) is 6.43. The molecular formula is C19H32O4S. The van der Waals surface area contributed by atoms with Gasteiger partial charge in [-0.3, -0.25) is 4.55 Å². The molecular weight excluding hydrogens is 324 g/mol. The van der Waals surface area contributed by atoms with Gasteiger partial charge in [0.25, 0.3) is 10.1 Å². The third kappa shape index (κ3) is 8.81. The van der Waals surface area contributed by atoms with Crippen molar-refractivity contribution in [3.05, 3.63) is 29.8 Å². The zero-order chi connectivity index (χ0) is 17.8. The molecule has 4 nitrogen and oxygen atoms in total. The standard InChI is InChI=1S/C19H32O4S/c1-3-5-7-8-10-18(23-15-9-6-4-2)16-17-11-13-19(14-12-17)24(20,21)22/h11-14,18H,3-10,15-16H2,1-2H3,(H,20,21,22). The van der Waals surface area contributed by atoms with Crippen LogP contribution < -0.4 is 0 Å². The molecule has 0 saturated heterocycles. The lowest BCUT2D eigenvalue weighted by molar-refractivity contribution is 0.0435. The molecule has 1 aromatic rings. The Hall–Kier alpha value is -0.910. The van der Waals surface area contributed by atoms with Crippen LogP contribution in [0.1, 0.15) is 70.8 Å². The Morgan fingerprint density at radius 3 is 2.17 bits per heavy atom. The molecule has 1 unspecified atom stereocenters. The molecule has 1 aromatic carbocycles. The van der Waals surface area contributed by atoms with Crippen LogP contribution in [-0.2, 0) is 21.3 Å². The van der Waals surface area contributed by atoms with Gasteiger partial charge in [0.2, 0.25) is 0 Å². The summed E-state index contributed by atoms with van der Waals surface area (Å²) in [5, 5.41) is 0. The van der Waals surface area contributed by atoms with Gasteiger partial charge in [-0.25, -0.2) is 0 Å². The second kappa shape index (κ2) is 11.6. The number of hydrogen-bond donors (Lipinski definition) is 1. The number of unbranched alkanes of at least 4 members (excludes halogenated alkanes) is 5. The minimum Gasteiger partial charge on any atom is -0.378 e. The fraction of sp³-hybridized carbons (Fsp3) is 0.684. The van der Waals surface area contributed by atoms with Gasteiger partial charge in [-0.15, -0.1) is 0 Å². The molecule has 0 bridgehead atoms. The fourth-order valence-electron chi connectivity index (χ4n) is 2.71. The highest BCUT2D eigenvalue weighted by Gasteiger charge is 2.12. The van der Waals surface area contributed by atoms with Crippen molar-refractivity contribution < 1.29 is 17.7 Å². The first-order chi connectivity index (χ1) is 11.5. The SMILES string of the molecule is CCCCCCC(Cc1ccc(S(=O)(=O)O)cc1)OCCCCC. The van der Waals surface area contributed by atoms with Crippen molar-refractivity contribution >= 4 is 10.1 Å². The van der Waals surface area contributed by atoms with E-state index in [1.807, 2.05) is 0 Å². The maximum absolute atomic E-state index is 11.1. The van der Waals surface area contributed by atoms with Crippen molar-refractivity contribution in [3.8, 4) is 0 Å². The Morgan fingerprint density at radius 2 is 1.58 bits per heavy atom. The zero-order valence-electron chi connectivity index (χ0n) is 15.0. The Morgan fingerprint density at radius 1 is 0.958 bits per heavy atom. The van der Waals surface area contributed by atoms with Crippen LogP contribution in [0, 0.1) is 0 Å². The van der Waals surface area contributed by atoms with Crippen molar-refractivity contribution in [3.63, 3.8) is 0 Å². The van der Waals surface area contributed by atoms with Gasteiger partial charge in [-0.2, -0.15) is 8.42 Å². The van der Waals surface area contributed by atoms with Crippen molar-refractivity contribution in [2.24, 2.45) is 0 Å². The first-order valence-corrected chi connectivity index (χ1v) is 10.6. The Bertz CT molecular complexity index is 525. The van der Waals surface area contributed by atoms with E-state index in [1.165, 1.54) is 44.2 Å². The lowest BCUT2D eigenvalue weighted by atomic mass is 10.0. The topological polar surface area (TPSA) is 63.6 Å². The van der Waals surface area contributed by atoms with E-state index >= 15 is 0 Å². The molecule has 0 aliphatic heterocycles. The van der Waals surface area contributed by atoms with E-state index in [0.29, 0.717) is 0 Å². The van der Waals surface area contributed by atoms with E-state index in [0.717, 1.165) is 37.9 Å². The van der Waals surface area contributed by atoms with Gasteiger partial charge < -0.3 is 4.74 Å². The first kappa shape index (κ1) is 21.1. The van der Waals surface area contributed by atoms with Crippen LogP contribution in [0.4, 0.5) is 0 Å². The van der Waals surface area contributed by atoms with Gasteiger partial charge in [-0.05, 0) is 37.0 Å². The predicted molar refractivity (Wildman–Crippen MR) is 98.0 cm³/mol. The highest BCUT2D eigenvalue weighted by Crippen LogP contribution is 2.17. The minimum atomic E-state index is -4.12. The Kier molecular flexibility index (Phi) is 10.2. The van der Waals surface area contributed by atoms with Gasteiger partial charge in [0.05, 0.1) is 11.0 Å². The fourth-order valence-corrected chi connectivity index (χ4v) is 3.19. The van der Waals surface area contributed by atoms with Gasteiger partial charge in [-0.1, -0.05) is 64.5 Å². The average Bonchev–Trinajstić information content (AvgIpc) is 2.55. The molecule has 0 fully saturated rings. The van der Waals surface area contributed by atoms with Gasteiger partial charge >= 0.3 is 0 Å². The second-order valence-corrected chi connectivity index (χ2v) is 7.79. The summed E-state index contributed by atoms with van der Waals surface area (Å²) in [7, 11) is -4.12. The Balaban J connectivity index is 2.57. The lowest BCUT2D eigenvalue weighted by Crippen LogP contribution is -2.17. The smallest absolute Gasteiger partial charge is 0.294 e. The molecule has 0 saturated carbocycles. The van der Waals surface area contributed by atoms with Gasteiger partial charge in [0, 0.05) is 6.61 Å². The van der Waals surface area contributed by atoms with Crippen LogP contribution >= 0.6 is 0 Å². The van der Waals surface area contributed by atoms with Crippen molar-refractivity contribution in [2.75, 3.05) is 6.61 Å². The van der Waals surface area contributed by atoms with Gasteiger partial charge in [0.15, 0.2) is 0 Å². The number of rotatable bonds is 13. The number of ether oxygens (including phenoxy) is 1. The minimum absolute atomic E-state index is 0.0605. The predicted octanol–water partition coefficient (Wildman–Crippen LogP) is 5.02. The molecule has 0 aliphatic carbocycles. The summed E-state index contributed by atoms with van der Waals surface area (Å²) in [5.74, 6) is 0. The average molecular weight is 357 g/mol. The van der Waals surface area contributed by atoms with E-state index < -0.39 is 10.1 Å². The van der Waals surface area contributed by atoms with Crippen LogP contribution in [0.3, 0.4) is 0 Å². The summed E-state index contributed by atoms with van der Waals surface area (Å²) in [5.41, 5.74) is 1.04. The third-order valence-corrected chi connectivity index (χ3v) is 5.03. The molecule has 1 rings (SSSR count). The summed E-state index contributed by atoms with van der Waals surface area (Å²) in [4.78, 5) is -0.0605. The lowest BCUT2D eigenvalue weighted by Gasteiger charge is -2.18. The van der Waals surface area contributed by atoms with Gasteiger partial charge in [0.1, 0.15) is 0 Å². The van der Waals surface area contributed by atoms with Crippen LogP contribution in [0.25, 0.3) is 0 Å². The molecule has 138 valence electrons. The highest BCUT2D eigenvalue weighted by atomic mass is 32.2. The molecule has 0 aliphatic rings. The van der Waals surface area contributed by atoms with Crippen LogP contribution in [0.15, 0.2) is 29.2 Å². The second-order valence-electron chi connectivity index (χ2n) is 6.37. The van der Waals surface area contributed by atoms with E-state index in [4.69, 9.17) is 9.29 Å². The van der Waals surface area contributed by atoms with Crippen molar-refractivity contribution in [1.29, 1.82) is 0 Å². The monoisotopic (exact) mass is 356 g/mol. The van der Waals surface area contributed by atoms with Crippen molar-refractivity contribution in [1.82, 2.24) is 0 Å². The van der Waals surface area contributed by atoms with Crippen LogP contribution in [0.5, 0.6) is 0 Å². The summed E-state index contributed by atoms with van der Waals surface area (Å²) < 4.78 is 37.3. The number of benzene rings is 1. The van der Waals surface area contributed by atoms with E-state index in [2.05, 4.69) is 13.8 Å². The maximum Gasteiger partial charge on any atom is 0.294 e. The van der Waals surface area contributed by atoms with Crippen LogP contribution in [0.2, 0.25) is 0 Å². The zero-order valence-corrected chi connectivity index (χ0v) is 15.9. The molecule has 0 heterocycles. The van der Waals surface area contributed by atoms with E-state index in [1.54, 1.807) is 12.1 Å². The highest BCUT2D eigenvalue weighted by molar-refractivity contribution is 7.85. The molecule has 24 heavy (non-hydrogen) atoms. The molecule has 0 spiro atoms. The molecule has 0 aromatic heterocycles. The quantitative estimate of drug-likeness (QED) is 0.398. The largest absolute Gasteiger partial charge is 0.378 e.